The Morgan fingerprint density at radius 3 is 2.71 bits per heavy atom. The number of nitrogen functional groups attached to an aromatic ring is 1. The maximum absolute atomic E-state index is 13.1. The molecule has 0 aliphatic heterocycles. The van der Waals surface area contributed by atoms with E-state index in [4.69, 9.17) is 10.5 Å². The summed E-state index contributed by atoms with van der Waals surface area (Å²) in [5.74, 6) is -0.590. The van der Waals surface area contributed by atoms with E-state index in [-0.39, 0.29) is 23.8 Å². The van der Waals surface area contributed by atoms with Crippen LogP contribution in [-0.2, 0) is 4.74 Å². The summed E-state index contributed by atoms with van der Waals surface area (Å²) in [6.45, 7) is 3.59. The van der Waals surface area contributed by atoms with Crippen LogP contribution < -0.4 is 5.73 Å². The van der Waals surface area contributed by atoms with Crippen molar-refractivity contribution < 1.29 is 13.9 Å². The highest BCUT2D eigenvalue weighted by molar-refractivity contribution is 9.10. The van der Waals surface area contributed by atoms with Gasteiger partial charge in [0.1, 0.15) is 17.2 Å². The van der Waals surface area contributed by atoms with Crippen molar-refractivity contribution in [1.82, 2.24) is 9.97 Å². The molecule has 0 unspecified atom stereocenters. The van der Waals surface area contributed by atoms with Crippen LogP contribution in [0.5, 0.6) is 0 Å². The first-order valence-electron chi connectivity index (χ1n) is 6.20. The highest BCUT2D eigenvalue weighted by Crippen LogP contribution is 2.28. The van der Waals surface area contributed by atoms with Crippen LogP contribution in [0, 0.1) is 12.7 Å². The number of anilines is 1. The fourth-order valence-electron chi connectivity index (χ4n) is 1.84. The number of benzene rings is 1. The minimum absolute atomic E-state index is 0.0344. The van der Waals surface area contributed by atoms with Gasteiger partial charge < -0.3 is 10.5 Å². The number of ether oxygens (including phenoxy) is 1. The minimum atomic E-state index is -0.558. The molecular formula is C14H13BrFN3O2. The van der Waals surface area contributed by atoms with Crippen LogP contribution in [0.3, 0.4) is 0 Å². The lowest BCUT2D eigenvalue weighted by atomic mass is 10.1. The molecule has 110 valence electrons. The number of carbonyl (C=O) groups excluding carboxylic acids is 1. The Bertz CT molecular complexity index is 684. The Morgan fingerprint density at radius 2 is 2.14 bits per heavy atom. The van der Waals surface area contributed by atoms with Gasteiger partial charge in [0.15, 0.2) is 5.82 Å². The molecule has 1 aromatic carbocycles. The SMILES string of the molecule is CCOC(=O)c1c(C)nc(-c2ccc(F)cc2Br)nc1N. The number of aromatic nitrogens is 2. The monoisotopic (exact) mass is 353 g/mol. The Morgan fingerprint density at radius 1 is 1.43 bits per heavy atom. The van der Waals surface area contributed by atoms with E-state index < -0.39 is 5.97 Å². The topological polar surface area (TPSA) is 78.1 Å². The maximum Gasteiger partial charge on any atom is 0.343 e. The van der Waals surface area contributed by atoms with Gasteiger partial charge in [-0.15, -0.1) is 0 Å². The second kappa shape index (κ2) is 6.17. The van der Waals surface area contributed by atoms with Crippen molar-refractivity contribution in [3.05, 3.63) is 39.7 Å². The average Bonchev–Trinajstić information content (AvgIpc) is 2.37. The summed E-state index contributed by atoms with van der Waals surface area (Å²) in [7, 11) is 0. The van der Waals surface area contributed by atoms with E-state index in [1.54, 1.807) is 13.8 Å². The highest BCUT2D eigenvalue weighted by atomic mass is 79.9. The van der Waals surface area contributed by atoms with Gasteiger partial charge in [0.25, 0.3) is 0 Å². The zero-order chi connectivity index (χ0) is 15.6. The van der Waals surface area contributed by atoms with Crippen LogP contribution in [0.25, 0.3) is 11.4 Å². The summed E-state index contributed by atoms with van der Waals surface area (Å²) in [6, 6.07) is 4.15. The Kier molecular flexibility index (Phi) is 4.52. The van der Waals surface area contributed by atoms with Crippen molar-refractivity contribution in [3.8, 4) is 11.4 Å². The van der Waals surface area contributed by atoms with Gasteiger partial charge in [0.2, 0.25) is 0 Å². The van der Waals surface area contributed by atoms with Gasteiger partial charge in [-0.3, -0.25) is 0 Å². The van der Waals surface area contributed by atoms with Crippen LogP contribution in [0.2, 0.25) is 0 Å². The maximum atomic E-state index is 13.1. The van der Waals surface area contributed by atoms with Gasteiger partial charge >= 0.3 is 5.97 Å². The number of hydrogen-bond acceptors (Lipinski definition) is 5. The molecule has 0 atom stereocenters. The van der Waals surface area contributed by atoms with E-state index in [2.05, 4.69) is 25.9 Å². The predicted molar refractivity (Wildman–Crippen MR) is 80.2 cm³/mol. The zero-order valence-corrected chi connectivity index (χ0v) is 13.1. The lowest BCUT2D eigenvalue weighted by Gasteiger charge is -2.10. The van der Waals surface area contributed by atoms with Crippen LogP contribution in [0.1, 0.15) is 23.0 Å². The first-order chi connectivity index (χ1) is 9.93. The van der Waals surface area contributed by atoms with E-state index in [9.17, 15) is 9.18 Å². The summed E-state index contributed by atoms with van der Waals surface area (Å²) in [6.07, 6.45) is 0. The van der Waals surface area contributed by atoms with Crippen LogP contribution in [-0.4, -0.2) is 22.5 Å². The molecule has 1 heterocycles. The van der Waals surface area contributed by atoms with Gasteiger partial charge in [-0.2, -0.15) is 0 Å². The van der Waals surface area contributed by atoms with Gasteiger partial charge in [-0.25, -0.2) is 19.2 Å². The van der Waals surface area contributed by atoms with Crippen molar-refractivity contribution in [2.24, 2.45) is 0 Å². The smallest absolute Gasteiger partial charge is 0.343 e. The third-order valence-corrected chi connectivity index (χ3v) is 3.43. The van der Waals surface area contributed by atoms with Crippen LogP contribution in [0.4, 0.5) is 10.2 Å². The van der Waals surface area contributed by atoms with Crippen molar-refractivity contribution in [3.63, 3.8) is 0 Å². The molecule has 5 nitrogen and oxygen atoms in total. The average molecular weight is 354 g/mol. The largest absolute Gasteiger partial charge is 0.462 e. The molecule has 0 radical (unpaired) electrons. The first-order valence-corrected chi connectivity index (χ1v) is 7.00. The Balaban J connectivity index is 2.51. The molecule has 0 saturated heterocycles. The number of hydrogen-bond donors (Lipinski definition) is 1. The predicted octanol–water partition coefficient (Wildman–Crippen LogP) is 3.11. The summed E-state index contributed by atoms with van der Waals surface area (Å²) in [5.41, 5.74) is 6.98. The molecule has 1 aromatic heterocycles. The zero-order valence-electron chi connectivity index (χ0n) is 11.5. The molecule has 2 aromatic rings. The summed E-state index contributed by atoms with van der Waals surface area (Å²) in [4.78, 5) is 20.2. The Labute approximate surface area is 129 Å². The molecule has 7 heteroatoms. The van der Waals surface area contributed by atoms with Crippen molar-refractivity contribution >= 4 is 27.7 Å². The molecule has 2 N–H and O–H groups in total. The number of esters is 1. The molecule has 0 aliphatic rings. The lowest BCUT2D eigenvalue weighted by molar-refractivity contribution is 0.0526. The minimum Gasteiger partial charge on any atom is -0.462 e. The molecule has 0 aliphatic carbocycles. The summed E-state index contributed by atoms with van der Waals surface area (Å²) < 4.78 is 18.5. The van der Waals surface area contributed by atoms with Gasteiger partial charge in [0, 0.05) is 10.0 Å². The van der Waals surface area contributed by atoms with Crippen LogP contribution >= 0.6 is 15.9 Å². The number of nitrogens with two attached hydrogens (primary N) is 1. The van der Waals surface area contributed by atoms with Crippen molar-refractivity contribution in [1.29, 1.82) is 0 Å². The molecular weight excluding hydrogens is 341 g/mol. The molecule has 2 rings (SSSR count). The van der Waals surface area contributed by atoms with E-state index in [0.717, 1.165) is 0 Å². The van der Waals surface area contributed by atoms with Gasteiger partial charge in [0.05, 0.1) is 12.3 Å². The van der Waals surface area contributed by atoms with E-state index in [1.807, 2.05) is 0 Å². The lowest BCUT2D eigenvalue weighted by Crippen LogP contribution is -2.13. The van der Waals surface area contributed by atoms with Crippen molar-refractivity contribution in [2.45, 2.75) is 13.8 Å². The highest BCUT2D eigenvalue weighted by Gasteiger charge is 2.19. The normalized spacial score (nSPS) is 10.5. The van der Waals surface area contributed by atoms with Crippen LogP contribution in [0.15, 0.2) is 22.7 Å². The molecule has 21 heavy (non-hydrogen) atoms. The fraction of sp³-hybridized carbons (Fsp3) is 0.214. The number of halogens is 2. The van der Waals surface area contributed by atoms with E-state index in [1.165, 1.54) is 18.2 Å². The first kappa shape index (κ1) is 15.4. The Hall–Kier alpha value is -2.02. The summed E-state index contributed by atoms with van der Waals surface area (Å²) in [5, 5.41) is 0. The number of aryl methyl sites for hydroxylation is 1. The summed E-state index contributed by atoms with van der Waals surface area (Å²) >= 11 is 3.25. The number of rotatable bonds is 3. The number of nitrogens with zero attached hydrogens (tertiary/aromatic N) is 2. The standard InChI is InChI=1S/C14H13BrFN3O2/c1-3-21-14(20)11-7(2)18-13(19-12(11)17)9-5-4-8(16)6-10(9)15/h4-6H,3H2,1-2H3,(H2,17,18,19). The van der Waals surface area contributed by atoms with Gasteiger partial charge in [-0.1, -0.05) is 0 Å². The third kappa shape index (κ3) is 3.18. The molecule has 0 bridgehead atoms. The molecule has 0 amide bonds. The van der Waals surface area contributed by atoms with Crippen molar-refractivity contribution in [2.75, 3.05) is 12.3 Å². The van der Waals surface area contributed by atoms with E-state index in [0.29, 0.717) is 21.6 Å². The van der Waals surface area contributed by atoms with Gasteiger partial charge in [-0.05, 0) is 48.0 Å². The van der Waals surface area contributed by atoms with E-state index >= 15 is 0 Å². The fourth-order valence-corrected chi connectivity index (χ4v) is 2.37. The number of carbonyl (C=O) groups is 1. The quantitative estimate of drug-likeness (QED) is 0.857. The second-order valence-corrected chi connectivity index (χ2v) is 5.09. The second-order valence-electron chi connectivity index (χ2n) is 4.24. The molecule has 0 spiro atoms. The molecule has 0 fully saturated rings. The third-order valence-electron chi connectivity index (χ3n) is 2.77. The molecule has 0 saturated carbocycles.